The van der Waals surface area contributed by atoms with Crippen LogP contribution in [0.3, 0.4) is 0 Å². The molecule has 108 valence electrons. The van der Waals surface area contributed by atoms with E-state index in [4.69, 9.17) is 4.74 Å². The number of hydrogen-bond acceptors (Lipinski definition) is 4. The number of aliphatic hydroxyl groups excluding tert-OH is 1. The minimum atomic E-state index is -0.103. The highest BCUT2D eigenvalue weighted by atomic mass is 32.2. The normalized spacial score (nSPS) is 27.3. The molecule has 0 aromatic heterocycles. The molecule has 3 nitrogen and oxygen atoms in total. The van der Waals surface area contributed by atoms with Crippen LogP contribution in [0, 0.1) is 0 Å². The molecule has 0 spiro atoms. The molecule has 0 saturated carbocycles. The van der Waals surface area contributed by atoms with Crippen LogP contribution in [0.5, 0.6) is 0 Å². The Bertz CT molecular complexity index is 228. The van der Waals surface area contributed by atoms with Crippen molar-refractivity contribution < 1.29 is 9.84 Å². The van der Waals surface area contributed by atoms with Crippen LogP contribution < -0.4 is 5.32 Å². The lowest BCUT2D eigenvalue weighted by Crippen LogP contribution is -2.46. The largest absolute Gasteiger partial charge is 0.394 e. The van der Waals surface area contributed by atoms with Gasteiger partial charge in [-0.2, -0.15) is 11.8 Å². The zero-order valence-corrected chi connectivity index (χ0v) is 12.9. The third-order valence-electron chi connectivity index (χ3n) is 3.66. The maximum atomic E-state index is 9.48. The van der Waals surface area contributed by atoms with Crippen LogP contribution in [-0.4, -0.2) is 47.5 Å². The van der Waals surface area contributed by atoms with E-state index in [1.807, 2.05) is 11.8 Å². The number of ether oxygens (including phenoxy) is 1. The van der Waals surface area contributed by atoms with Gasteiger partial charge in [0.05, 0.1) is 12.7 Å². The van der Waals surface area contributed by atoms with Crippen molar-refractivity contribution in [3.63, 3.8) is 0 Å². The van der Waals surface area contributed by atoms with Crippen LogP contribution in [0.2, 0.25) is 0 Å². The van der Waals surface area contributed by atoms with Crippen LogP contribution in [0.1, 0.15) is 46.5 Å². The third-order valence-corrected chi connectivity index (χ3v) is 5.23. The van der Waals surface area contributed by atoms with Gasteiger partial charge in [0.25, 0.3) is 0 Å². The lowest BCUT2D eigenvalue weighted by atomic mass is 9.97. The molecule has 0 aromatic carbocycles. The van der Waals surface area contributed by atoms with Crippen LogP contribution in [-0.2, 0) is 4.74 Å². The molecule has 0 aromatic rings. The minimum Gasteiger partial charge on any atom is -0.394 e. The Morgan fingerprint density at radius 3 is 2.83 bits per heavy atom. The summed E-state index contributed by atoms with van der Waals surface area (Å²) >= 11 is 2.03. The second kappa shape index (κ2) is 8.41. The molecule has 1 saturated heterocycles. The highest BCUT2D eigenvalue weighted by Gasteiger charge is 2.25. The van der Waals surface area contributed by atoms with Crippen molar-refractivity contribution in [1.82, 2.24) is 5.32 Å². The summed E-state index contributed by atoms with van der Waals surface area (Å²) in [7, 11) is 0. The van der Waals surface area contributed by atoms with Gasteiger partial charge in [0, 0.05) is 17.4 Å². The summed E-state index contributed by atoms with van der Waals surface area (Å²) in [5, 5.41) is 13.6. The second-order valence-corrected chi connectivity index (χ2v) is 6.87. The van der Waals surface area contributed by atoms with Crippen molar-refractivity contribution in [2.75, 3.05) is 25.5 Å². The molecule has 0 radical (unpaired) electrons. The van der Waals surface area contributed by atoms with Gasteiger partial charge in [0.1, 0.15) is 0 Å². The van der Waals surface area contributed by atoms with Crippen LogP contribution in [0.15, 0.2) is 0 Å². The van der Waals surface area contributed by atoms with Crippen LogP contribution in [0.4, 0.5) is 0 Å². The van der Waals surface area contributed by atoms with E-state index in [0.29, 0.717) is 11.4 Å². The fourth-order valence-corrected chi connectivity index (χ4v) is 3.50. The zero-order valence-electron chi connectivity index (χ0n) is 12.1. The standard InChI is InChI=1S/C14H29NO2S/c1-4-8-15-14(3,11-16)7-5-10-18-13-6-9-17-12(13)2/h12-13,15-16H,4-11H2,1-3H3. The number of hydrogen-bond donors (Lipinski definition) is 2. The molecule has 1 heterocycles. The molecule has 1 aliphatic heterocycles. The lowest BCUT2D eigenvalue weighted by molar-refractivity contribution is 0.127. The van der Waals surface area contributed by atoms with Gasteiger partial charge in [-0.3, -0.25) is 0 Å². The van der Waals surface area contributed by atoms with E-state index >= 15 is 0 Å². The average molecular weight is 275 g/mol. The van der Waals surface area contributed by atoms with Gasteiger partial charge in [-0.1, -0.05) is 6.92 Å². The van der Waals surface area contributed by atoms with Crippen molar-refractivity contribution in [2.45, 2.75) is 63.3 Å². The maximum absolute atomic E-state index is 9.48. The molecule has 18 heavy (non-hydrogen) atoms. The summed E-state index contributed by atoms with van der Waals surface area (Å²) in [4.78, 5) is 0. The number of aliphatic hydroxyl groups is 1. The Hall–Kier alpha value is 0.230. The molecule has 0 amide bonds. The molecule has 4 heteroatoms. The van der Waals surface area contributed by atoms with Crippen molar-refractivity contribution in [2.24, 2.45) is 0 Å². The first-order chi connectivity index (χ1) is 8.61. The summed E-state index contributed by atoms with van der Waals surface area (Å²) < 4.78 is 5.56. The molecule has 3 unspecified atom stereocenters. The quantitative estimate of drug-likeness (QED) is 0.634. The van der Waals surface area contributed by atoms with Gasteiger partial charge in [-0.05, 0) is 51.8 Å². The number of rotatable bonds is 9. The van der Waals surface area contributed by atoms with E-state index in [1.54, 1.807) is 0 Å². The van der Waals surface area contributed by atoms with Gasteiger partial charge in [-0.15, -0.1) is 0 Å². The predicted octanol–water partition coefficient (Wildman–Crippen LogP) is 2.43. The summed E-state index contributed by atoms with van der Waals surface area (Å²) in [6.45, 7) is 8.58. The minimum absolute atomic E-state index is 0.103. The Morgan fingerprint density at radius 2 is 2.28 bits per heavy atom. The first-order valence-corrected chi connectivity index (χ1v) is 8.25. The van der Waals surface area contributed by atoms with Gasteiger partial charge in [0.2, 0.25) is 0 Å². The molecule has 2 N–H and O–H groups in total. The van der Waals surface area contributed by atoms with Gasteiger partial charge < -0.3 is 15.2 Å². The fraction of sp³-hybridized carbons (Fsp3) is 1.00. The van der Waals surface area contributed by atoms with Crippen molar-refractivity contribution >= 4 is 11.8 Å². The van der Waals surface area contributed by atoms with E-state index < -0.39 is 0 Å². The third kappa shape index (κ3) is 5.47. The van der Waals surface area contributed by atoms with Crippen LogP contribution in [0.25, 0.3) is 0 Å². The van der Waals surface area contributed by atoms with E-state index in [1.165, 1.54) is 12.2 Å². The van der Waals surface area contributed by atoms with Crippen molar-refractivity contribution in [1.29, 1.82) is 0 Å². The maximum Gasteiger partial charge on any atom is 0.0666 e. The molecular weight excluding hydrogens is 246 g/mol. The second-order valence-electron chi connectivity index (χ2n) is 5.52. The molecule has 3 atom stereocenters. The van der Waals surface area contributed by atoms with Gasteiger partial charge >= 0.3 is 0 Å². The summed E-state index contributed by atoms with van der Waals surface area (Å²) in [6.07, 6.45) is 4.91. The van der Waals surface area contributed by atoms with Crippen LogP contribution >= 0.6 is 11.8 Å². The first-order valence-electron chi connectivity index (χ1n) is 7.20. The van der Waals surface area contributed by atoms with Crippen molar-refractivity contribution in [3.05, 3.63) is 0 Å². The summed E-state index contributed by atoms with van der Waals surface area (Å²) in [5.41, 5.74) is -0.103. The first kappa shape index (κ1) is 16.3. The molecule has 0 bridgehead atoms. The predicted molar refractivity (Wildman–Crippen MR) is 79.3 cm³/mol. The SMILES string of the molecule is CCCNC(C)(CO)CCCSC1CCOC1C. The number of nitrogens with one attached hydrogen (secondary N) is 1. The highest BCUT2D eigenvalue weighted by Crippen LogP contribution is 2.27. The Balaban J connectivity index is 2.14. The van der Waals surface area contributed by atoms with E-state index in [0.717, 1.165) is 32.4 Å². The van der Waals surface area contributed by atoms with Gasteiger partial charge in [0.15, 0.2) is 0 Å². The molecule has 1 fully saturated rings. The monoisotopic (exact) mass is 275 g/mol. The lowest BCUT2D eigenvalue weighted by Gasteiger charge is -2.29. The topological polar surface area (TPSA) is 41.5 Å². The molecule has 1 aliphatic rings. The Labute approximate surface area is 116 Å². The van der Waals surface area contributed by atoms with E-state index in [-0.39, 0.29) is 12.1 Å². The summed E-state index contributed by atoms with van der Waals surface area (Å²) in [5.74, 6) is 1.17. The summed E-state index contributed by atoms with van der Waals surface area (Å²) in [6, 6.07) is 0. The molecule has 0 aliphatic carbocycles. The zero-order chi connectivity index (χ0) is 13.4. The average Bonchev–Trinajstić information content (AvgIpc) is 2.78. The fourth-order valence-electron chi connectivity index (χ4n) is 2.28. The van der Waals surface area contributed by atoms with E-state index in [9.17, 15) is 5.11 Å². The molecule has 1 rings (SSSR count). The van der Waals surface area contributed by atoms with Gasteiger partial charge in [-0.25, -0.2) is 0 Å². The molecular formula is C14H29NO2S. The van der Waals surface area contributed by atoms with E-state index in [2.05, 4.69) is 26.1 Å². The van der Waals surface area contributed by atoms with Crippen molar-refractivity contribution in [3.8, 4) is 0 Å². The number of thioether (sulfide) groups is 1. The highest BCUT2D eigenvalue weighted by molar-refractivity contribution is 7.99. The Kier molecular flexibility index (Phi) is 7.61. The Morgan fingerprint density at radius 1 is 1.50 bits per heavy atom. The smallest absolute Gasteiger partial charge is 0.0666 e.